The van der Waals surface area contributed by atoms with Crippen molar-refractivity contribution >= 4 is 33.3 Å². The average Bonchev–Trinajstić information content (AvgIpc) is 2.82. The molecule has 0 saturated heterocycles. The molecule has 2 heterocycles. The molecule has 2 aromatic rings. The topological polar surface area (TPSA) is 70.6 Å². The van der Waals surface area contributed by atoms with Crippen molar-refractivity contribution in [3.8, 4) is 0 Å². The number of benzene rings is 1. The van der Waals surface area contributed by atoms with Gasteiger partial charge in [0.15, 0.2) is 0 Å². The van der Waals surface area contributed by atoms with Gasteiger partial charge in [-0.2, -0.15) is 17.5 Å². The van der Waals surface area contributed by atoms with Crippen molar-refractivity contribution in [1.82, 2.24) is 9.29 Å². The molecular weight excluding hydrogens is 443 g/mol. The lowest BCUT2D eigenvalue weighted by molar-refractivity contribution is -0.171. The standard InChI is InChI=1S/C19H19ClF3N3O3S/c1-18(2)14-9-13(10-24-16(14)25(3)17(18)27)30(28,29)26(4)15(19(21,22)23)11-5-7-12(20)8-6-11/h5-10,15H,1-4H3/t15-/m1/s1. The molecule has 0 radical (unpaired) electrons. The number of carbonyl (C=O) groups is 1. The third-order valence-electron chi connectivity index (χ3n) is 5.21. The summed E-state index contributed by atoms with van der Waals surface area (Å²) in [5.41, 5.74) is -0.997. The fourth-order valence-electron chi connectivity index (χ4n) is 3.49. The van der Waals surface area contributed by atoms with E-state index in [0.29, 0.717) is 5.56 Å². The van der Waals surface area contributed by atoms with Gasteiger partial charge in [-0.15, -0.1) is 0 Å². The zero-order chi connectivity index (χ0) is 22.6. The van der Waals surface area contributed by atoms with Crippen molar-refractivity contribution in [1.29, 1.82) is 0 Å². The Bertz CT molecular complexity index is 1100. The van der Waals surface area contributed by atoms with Crippen LogP contribution < -0.4 is 4.90 Å². The molecule has 0 spiro atoms. The summed E-state index contributed by atoms with van der Waals surface area (Å²) in [6.45, 7) is 3.21. The van der Waals surface area contributed by atoms with Crippen LogP contribution in [0.5, 0.6) is 0 Å². The number of rotatable bonds is 4. The smallest absolute Gasteiger partial charge is 0.299 e. The van der Waals surface area contributed by atoms with Crippen molar-refractivity contribution in [3.05, 3.63) is 52.7 Å². The zero-order valence-corrected chi connectivity index (χ0v) is 18.1. The van der Waals surface area contributed by atoms with Gasteiger partial charge in [0.25, 0.3) is 0 Å². The van der Waals surface area contributed by atoms with Crippen LogP contribution in [0.15, 0.2) is 41.4 Å². The maximum Gasteiger partial charge on any atom is 0.409 e. The van der Waals surface area contributed by atoms with Crippen LogP contribution >= 0.6 is 11.6 Å². The number of pyridine rings is 1. The summed E-state index contributed by atoms with van der Waals surface area (Å²) in [5, 5.41) is 0.226. The maximum absolute atomic E-state index is 13.8. The number of carbonyl (C=O) groups excluding carboxylic acids is 1. The Kier molecular flexibility index (Phi) is 5.41. The summed E-state index contributed by atoms with van der Waals surface area (Å²) in [5.74, 6) is -0.0149. The summed E-state index contributed by atoms with van der Waals surface area (Å²) >= 11 is 5.75. The molecule has 1 aliphatic heterocycles. The zero-order valence-electron chi connectivity index (χ0n) is 16.5. The Morgan fingerprint density at radius 1 is 1.20 bits per heavy atom. The van der Waals surface area contributed by atoms with Gasteiger partial charge in [0, 0.05) is 30.9 Å². The third-order valence-corrected chi connectivity index (χ3v) is 7.25. The van der Waals surface area contributed by atoms with E-state index in [9.17, 15) is 26.4 Å². The average molecular weight is 462 g/mol. The predicted molar refractivity (Wildman–Crippen MR) is 106 cm³/mol. The first kappa shape index (κ1) is 22.5. The maximum atomic E-state index is 13.8. The van der Waals surface area contributed by atoms with Gasteiger partial charge in [0.1, 0.15) is 16.8 Å². The lowest BCUT2D eigenvalue weighted by Crippen LogP contribution is -2.39. The minimum atomic E-state index is -4.88. The fraction of sp³-hybridized carbons (Fsp3) is 0.368. The van der Waals surface area contributed by atoms with Gasteiger partial charge in [-0.05, 0) is 37.6 Å². The number of fused-ring (bicyclic) bond motifs is 1. The van der Waals surface area contributed by atoms with E-state index in [1.54, 1.807) is 13.8 Å². The molecule has 3 rings (SSSR count). The van der Waals surface area contributed by atoms with Crippen LogP contribution in [0.1, 0.15) is 31.0 Å². The van der Waals surface area contributed by atoms with E-state index >= 15 is 0 Å². The minimum absolute atomic E-state index is 0.226. The molecule has 0 saturated carbocycles. The van der Waals surface area contributed by atoms with Crippen molar-refractivity contribution in [3.63, 3.8) is 0 Å². The highest BCUT2D eigenvalue weighted by molar-refractivity contribution is 7.89. The lowest BCUT2D eigenvalue weighted by Gasteiger charge is -2.29. The summed E-state index contributed by atoms with van der Waals surface area (Å²) in [7, 11) is -2.24. The number of anilines is 1. The number of amides is 1. The van der Waals surface area contributed by atoms with Crippen LogP contribution in [0, 0.1) is 0 Å². The molecule has 30 heavy (non-hydrogen) atoms. The number of alkyl halides is 3. The summed E-state index contributed by atoms with van der Waals surface area (Å²) < 4.78 is 68.0. The van der Waals surface area contributed by atoms with Crippen LogP contribution in [0.4, 0.5) is 19.0 Å². The first-order valence-electron chi connectivity index (χ1n) is 8.78. The first-order chi connectivity index (χ1) is 13.7. The molecule has 11 heteroatoms. The molecule has 1 atom stereocenters. The molecule has 1 aliphatic rings. The molecule has 0 unspecified atom stereocenters. The Balaban J connectivity index is 2.09. The van der Waals surface area contributed by atoms with Crippen LogP contribution in [-0.2, 0) is 20.2 Å². The molecule has 0 N–H and O–H groups in total. The van der Waals surface area contributed by atoms with E-state index in [1.165, 1.54) is 30.1 Å². The van der Waals surface area contributed by atoms with E-state index in [-0.39, 0.29) is 26.6 Å². The highest BCUT2D eigenvalue weighted by atomic mass is 35.5. The van der Waals surface area contributed by atoms with Crippen LogP contribution in [0.25, 0.3) is 0 Å². The van der Waals surface area contributed by atoms with Gasteiger partial charge in [-0.3, -0.25) is 9.69 Å². The Morgan fingerprint density at radius 3 is 2.30 bits per heavy atom. The number of hydrogen-bond acceptors (Lipinski definition) is 4. The summed E-state index contributed by atoms with van der Waals surface area (Å²) in [6.07, 6.45) is -3.92. The van der Waals surface area contributed by atoms with Crippen LogP contribution in [0.2, 0.25) is 5.02 Å². The second-order valence-corrected chi connectivity index (χ2v) is 9.98. The van der Waals surface area contributed by atoms with E-state index < -0.39 is 32.6 Å². The van der Waals surface area contributed by atoms with Gasteiger partial charge in [-0.1, -0.05) is 23.7 Å². The minimum Gasteiger partial charge on any atom is -0.299 e. The third kappa shape index (κ3) is 3.57. The van der Waals surface area contributed by atoms with Gasteiger partial charge >= 0.3 is 6.18 Å². The normalized spacial score (nSPS) is 17.4. The number of sulfonamides is 1. The Labute approximate surface area is 177 Å². The Morgan fingerprint density at radius 2 is 1.77 bits per heavy atom. The predicted octanol–water partition coefficient (Wildman–Crippen LogP) is 3.91. The van der Waals surface area contributed by atoms with E-state index in [1.807, 2.05) is 0 Å². The van der Waals surface area contributed by atoms with Crippen molar-refractivity contribution in [2.75, 3.05) is 19.0 Å². The van der Waals surface area contributed by atoms with E-state index in [4.69, 9.17) is 11.6 Å². The van der Waals surface area contributed by atoms with Gasteiger partial charge < -0.3 is 0 Å². The quantitative estimate of drug-likeness (QED) is 0.692. The second-order valence-electron chi connectivity index (χ2n) is 7.55. The summed E-state index contributed by atoms with van der Waals surface area (Å²) in [4.78, 5) is 17.3. The van der Waals surface area contributed by atoms with E-state index in [2.05, 4.69) is 4.98 Å². The van der Waals surface area contributed by atoms with Gasteiger partial charge in [0.2, 0.25) is 15.9 Å². The second kappa shape index (κ2) is 7.21. The highest BCUT2D eigenvalue weighted by Gasteiger charge is 2.49. The molecule has 6 nitrogen and oxygen atoms in total. The summed E-state index contributed by atoms with van der Waals surface area (Å²) in [6, 6.07) is 3.57. The number of hydrogen-bond donors (Lipinski definition) is 0. The largest absolute Gasteiger partial charge is 0.409 e. The SMILES string of the molecule is CN1C(=O)C(C)(C)c2cc(S(=O)(=O)N(C)[C@H](c3ccc(Cl)cc3)C(F)(F)F)cnc21. The molecule has 162 valence electrons. The Hall–Kier alpha value is -2.17. The first-order valence-corrected chi connectivity index (χ1v) is 10.6. The van der Waals surface area contributed by atoms with Crippen LogP contribution in [0.3, 0.4) is 0 Å². The van der Waals surface area contributed by atoms with Gasteiger partial charge in [-0.25, -0.2) is 13.4 Å². The number of aromatic nitrogens is 1. The van der Waals surface area contributed by atoms with Crippen molar-refractivity contribution in [2.45, 2.75) is 36.4 Å². The van der Waals surface area contributed by atoms with Crippen molar-refractivity contribution in [2.24, 2.45) is 0 Å². The monoisotopic (exact) mass is 461 g/mol. The lowest BCUT2D eigenvalue weighted by atomic mass is 9.87. The molecule has 0 aliphatic carbocycles. The molecule has 1 aromatic heterocycles. The van der Waals surface area contributed by atoms with Crippen LogP contribution in [-0.4, -0.2) is 43.9 Å². The highest BCUT2D eigenvalue weighted by Crippen LogP contribution is 2.43. The number of nitrogens with zero attached hydrogens (tertiary/aromatic N) is 3. The molecule has 0 bridgehead atoms. The van der Waals surface area contributed by atoms with Gasteiger partial charge in [0.05, 0.1) is 5.41 Å². The molecular formula is C19H19ClF3N3O3S. The van der Waals surface area contributed by atoms with Crippen molar-refractivity contribution < 1.29 is 26.4 Å². The number of halogens is 4. The molecule has 0 fully saturated rings. The fourth-order valence-corrected chi connectivity index (χ4v) is 4.92. The molecule has 1 amide bonds. The molecule has 1 aromatic carbocycles. The van der Waals surface area contributed by atoms with E-state index in [0.717, 1.165) is 25.4 Å². The number of likely N-dealkylation sites (N-methyl/N-ethyl adjacent to an activating group) is 1.